The molecule has 44 heavy (non-hydrogen) atoms. The minimum absolute atomic E-state index is 0.101. The zero-order valence-electron chi connectivity index (χ0n) is 33.7. The summed E-state index contributed by atoms with van der Waals surface area (Å²) in [5.41, 5.74) is 2.22. The second kappa shape index (κ2) is 9.75. The van der Waals surface area contributed by atoms with E-state index < -0.39 is 30.2 Å². The molecular weight excluding hydrogens is 540 g/mol. The van der Waals surface area contributed by atoms with Crippen LogP contribution in [0.5, 0.6) is 0 Å². The molecule has 0 aliphatic rings. The standard InChI is InChI=1S/C39H24N4O/c1-3-13-25(14-4-1)37-40-38(26-15-5-2-6-16-26)42-39(41-37)31-21-11-19-29-30-20-12-24-34(36(30)44-35(29)31)43-32-22-9-7-17-27(32)28-18-8-10-23-33(28)43/h1-24H/i1D,3D,4D,7D,8D,13D,14D,17D,18D,22D,23D. The third kappa shape index (κ3) is 3.76. The summed E-state index contributed by atoms with van der Waals surface area (Å²) >= 11 is 0. The summed E-state index contributed by atoms with van der Waals surface area (Å²) in [6, 6.07) is 18.5. The molecule has 0 atom stereocenters. The van der Waals surface area contributed by atoms with E-state index in [-0.39, 0.29) is 81.1 Å². The van der Waals surface area contributed by atoms with Crippen LogP contribution >= 0.6 is 0 Å². The summed E-state index contributed by atoms with van der Waals surface area (Å²) < 4.78 is 102. The van der Waals surface area contributed by atoms with Crippen molar-refractivity contribution >= 4 is 43.7 Å². The van der Waals surface area contributed by atoms with Crippen LogP contribution in [0.3, 0.4) is 0 Å². The van der Waals surface area contributed by atoms with Gasteiger partial charge in [0.15, 0.2) is 23.1 Å². The zero-order valence-corrected chi connectivity index (χ0v) is 22.7. The Bertz CT molecular complexity index is 3030. The first-order chi connectivity index (χ1) is 26.4. The SMILES string of the molecule is [2H]c1cc([2H])c2c(c1[2H])c1c([2H])c([2H])cc([2H])c1n2-c1cccc2c1oc1c(-c3nc(-c4ccccc4)nc(-c4c([2H])c([2H])c([2H])c([2H])c4[2H])n3)cccc12. The number of hydrogen-bond acceptors (Lipinski definition) is 4. The quantitative estimate of drug-likeness (QED) is 0.210. The van der Waals surface area contributed by atoms with Crippen molar-refractivity contribution in [1.82, 2.24) is 19.5 Å². The van der Waals surface area contributed by atoms with E-state index in [1.807, 2.05) is 18.2 Å². The fraction of sp³-hybridized carbons (Fsp3) is 0. The number of rotatable bonds is 4. The number of benzene rings is 6. The molecule has 6 aromatic carbocycles. The largest absolute Gasteiger partial charge is 0.453 e. The van der Waals surface area contributed by atoms with E-state index in [0.29, 0.717) is 38.8 Å². The van der Waals surface area contributed by atoms with Gasteiger partial charge < -0.3 is 8.98 Å². The highest BCUT2D eigenvalue weighted by molar-refractivity contribution is 6.14. The first kappa shape index (κ1) is 16.0. The second-order valence-electron chi connectivity index (χ2n) is 10.0. The molecule has 206 valence electrons. The van der Waals surface area contributed by atoms with Crippen LogP contribution in [0.2, 0.25) is 0 Å². The van der Waals surface area contributed by atoms with Gasteiger partial charge in [0.05, 0.1) is 37.4 Å². The molecule has 3 heterocycles. The van der Waals surface area contributed by atoms with Crippen molar-refractivity contribution in [3.63, 3.8) is 0 Å². The van der Waals surface area contributed by atoms with Crippen LogP contribution in [0.4, 0.5) is 0 Å². The van der Waals surface area contributed by atoms with Gasteiger partial charge in [-0.05, 0) is 24.2 Å². The minimum Gasteiger partial charge on any atom is -0.453 e. The minimum atomic E-state index is -0.546. The van der Waals surface area contributed by atoms with Gasteiger partial charge in [-0.2, -0.15) is 0 Å². The van der Waals surface area contributed by atoms with Crippen molar-refractivity contribution in [2.75, 3.05) is 0 Å². The molecular formula is C39H24N4O. The Morgan fingerprint density at radius 1 is 0.477 bits per heavy atom. The van der Waals surface area contributed by atoms with Crippen molar-refractivity contribution in [1.29, 1.82) is 0 Å². The average Bonchev–Trinajstić information content (AvgIpc) is 3.76. The van der Waals surface area contributed by atoms with Crippen LogP contribution in [-0.4, -0.2) is 19.5 Å². The van der Waals surface area contributed by atoms with Crippen molar-refractivity contribution in [3.05, 3.63) is 145 Å². The number of furan rings is 1. The van der Waals surface area contributed by atoms with Gasteiger partial charge >= 0.3 is 0 Å². The van der Waals surface area contributed by atoms with Crippen LogP contribution in [-0.2, 0) is 0 Å². The molecule has 9 rings (SSSR count). The van der Waals surface area contributed by atoms with E-state index in [0.717, 1.165) is 0 Å². The summed E-state index contributed by atoms with van der Waals surface area (Å²) in [6.45, 7) is 0. The van der Waals surface area contributed by atoms with Crippen LogP contribution in [0, 0.1) is 0 Å². The van der Waals surface area contributed by atoms with E-state index >= 15 is 0 Å². The highest BCUT2D eigenvalue weighted by Gasteiger charge is 2.21. The molecule has 0 spiro atoms. The van der Waals surface area contributed by atoms with Gasteiger partial charge in [-0.1, -0.05) is 121 Å². The van der Waals surface area contributed by atoms with Crippen LogP contribution in [0.1, 0.15) is 15.1 Å². The van der Waals surface area contributed by atoms with E-state index in [2.05, 4.69) is 9.97 Å². The molecule has 0 N–H and O–H groups in total. The van der Waals surface area contributed by atoms with E-state index in [1.165, 1.54) is 12.1 Å². The summed E-state index contributed by atoms with van der Waals surface area (Å²) in [6.07, 6.45) is 0. The van der Waals surface area contributed by atoms with Gasteiger partial charge in [0.25, 0.3) is 0 Å². The topological polar surface area (TPSA) is 56.7 Å². The lowest BCUT2D eigenvalue weighted by Gasteiger charge is -2.09. The van der Waals surface area contributed by atoms with Gasteiger partial charge in [-0.25, -0.2) is 15.0 Å². The number of fused-ring (bicyclic) bond motifs is 6. The molecule has 5 heteroatoms. The monoisotopic (exact) mass is 575 g/mol. The Morgan fingerprint density at radius 2 is 1.11 bits per heavy atom. The maximum absolute atomic E-state index is 8.92. The van der Waals surface area contributed by atoms with Crippen LogP contribution in [0.25, 0.3) is 83.6 Å². The Hall–Kier alpha value is -6.07. The molecule has 9 aromatic rings. The summed E-state index contributed by atoms with van der Waals surface area (Å²) in [4.78, 5) is 14.1. The Kier molecular flexibility index (Phi) is 3.54. The van der Waals surface area contributed by atoms with Crippen molar-refractivity contribution in [3.8, 4) is 39.9 Å². The highest BCUT2D eigenvalue weighted by atomic mass is 16.3. The third-order valence-corrected chi connectivity index (χ3v) is 7.50. The number of para-hydroxylation sites is 4. The normalized spacial score (nSPS) is 15.1. The van der Waals surface area contributed by atoms with Crippen molar-refractivity contribution in [2.45, 2.75) is 0 Å². The molecule has 0 radical (unpaired) electrons. The van der Waals surface area contributed by atoms with Crippen LogP contribution < -0.4 is 0 Å². The lowest BCUT2D eigenvalue weighted by atomic mass is 10.1. The summed E-state index contributed by atoms with van der Waals surface area (Å²) in [5.74, 6) is 0.160. The third-order valence-electron chi connectivity index (χ3n) is 7.50. The van der Waals surface area contributed by atoms with Gasteiger partial charge in [-0.15, -0.1) is 0 Å². The van der Waals surface area contributed by atoms with E-state index in [9.17, 15) is 0 Å². The number of nitrogens with zero attached hydrogens (tertiary/aromatic N) is 4. The van der Waals surface area contributed by atoms with Crippen molar-refractivity contribution in [2.24, 2.45) is 0 Å². The zero-order chi connectivity index (χ0) is 38.6. The number of aromatic nitrogens is 4. The van der Waals surface area contributed by atoms with Crippen LogP contribution in [0.15, 0.2) is 150 Å². The van der Waals surface area contributed by atoms with Gasteiger partial charge in [0, 0.05) is 32.7 Å². The van der Waals surface area contributed by atoms with Gasteiger partial charge in [0.2, 0.25) is 0 Å². The summed E-state index contributed by atoms with van der Waals surface area (Å²) in [5, 5.41) is 1.51. The van der Waals surface area contributed by atoms with E-state index in [4.69, 9.17) is 24.5 Å². The molecule has 0 aliphatic heterocycles. The molecule has 3 aromatic heterocycles. The predicted octanol–water partition coefficient (Wildman–Crippen LogP) is 9.87. The first-order valence-electron chi connectivity index (χ1n) is 19.2. The molecule has 0 fully saturated rings. The highest BCUT2D eigenvalue weighted by Crippen LogP contribution is 2.40. The lowest BCUT2D eigenvalue weighted by Crippen LogP contribution is -2.00. The molecule has 0 amide bonds. The Morgan fingerprint density at radius 3 is 1.84 bits per heavy atom. The smallest absolute Gasteiger partial charge is 0.167 e. The lowest BCUT2D eigenvalue weighted by molar-refractivity contribution is 0.667. The number of hydrogen-bond donors (Lipinski definition) is 0. The maximum atomic E-state index is 8.92. The molecule has 0 saturated heterocycles. The Balaban J connectivity index is 1.36. The second-order valence-corrected chi connectivity index (χ2v) is 10.0. The molecule has 5 nitrogen and oxygen atoms in total. The molecule has 0 saturated carbocycles. The summed E-state index contributed by atoms with van der Waals surface area (Å²) in [7, 11) is 0. The van der Waals surface area contributed by atoms with E-state index in [1.54, 1.807) is 53.1 Å². The van der Waals surface area contributed by atoms with Crippen molar-refractivity contribution < 1.29 is 19.5 Å². The fourth-order valence-electron chi connectivity index (χ4n) is 5.60. The maximum Gasteiger partial charge on any atom is 0.167 e. The average molecular weight is 576 g/mol. The Labute approximate surface area is 268 Å². The van der Waals surface area contributed by atoms with Gasteiger partial charge in [0.1, 0.15) is 5.58 Å². The van der Waals surface area contributed by atoms with Gasteiger partial charge in [-0.3, -0.25) is 0 Å². The molecule has 0 aliphatic carbocycles. The molecule has 0 bridgehead atoms. The predicted molar refractivity (Wildman–Crippen MR) is 178 cm³/mol. The first-order valence-corrected chi connectivity index (χ1v) is 13.7. The fourth-order valence-corrected chi connectivity index (χ4v) is 5.60. The molecule has 0 unspecified atom stereocenters.